The van der Waals surface area contributed by atoms with Crippen LogP contribution in [0.1, 0.15) is 33.1 Å². The third kappa shape index (κ3) is 7.96. The molecule has 1 heterocycles. The Morgan fingerprint density at radius 1 is 1.38 bits per heavy atom. The van der Waals surface area contributed by atoms with Crippen LogP contribution in [0.25, 0.3) is 0 Å². The predicted octanol–water partition coefficient (Wildman–Crippen LogP) is 0.166. The van der Waals surface area contributed by atoms with Crippen LogP contribution in [-0.2, 0) is 19.6 Å². The molecule has 0 bridgehead atoms. The first-order valence-corrected chi connectivity index (χ1v) is 10.4. The quantitative estimate of drug-likeness (QED) is 0.276. The Labute approximate surface area is 145 Å². The summed E-state index contributed by atoms with van der Waals surface area (Å²) in [5.74, 6) is 0.510. The summed E-state index contributed by atoms with van der Waals surface area (Å²) in [5, 5.41) is 3.24. The van der Waals surface area contributed by atoms with Crippen molar-refractivity contribution in [2.45, 2.75) is 33.1 Å². The van der Waals surface area contributed by atoms with E-state index in [0.717, 1.165) is 38.1 Å². The molecule has 0 radical (unpaired) electrons. The average molecular weight is 362 g/mol. The van der Waals surface area contributed by atoms with E-state index in [0.29, 0.717) is 32.7 Å². The normalized spacial score (nSPS) is 19.2. The maximum absolute atomic E-state index is 11.9. The topological polar surface area (TPSA) is 100 Å². The molecule has 1 aliphatic rings. The number of ether oxygens (including phenoxy) is 1. The van der Waals surface area contributed by atoms with Crippen LogP contribution >= 0.6 is 0 Å². The highest BCUT2D eigenvalue weighted by Gasteiger charge is 2.28. The number of carbonyl (C=O) groups excluding carboxylic acids is 1. The van der Waals surface area contributed by atoms with Gasteiger partial charge in [0.15, 0.2) is 5.96 Å². The molecule has 1 rings (SSSR count). The summed E-state index contributed by atoms with van der Waals surface area (Å²) in [5.41, 5.74) is 0. The molecule has 0 aliphatic carbocycles. The van der Waals surface area contributed by atoms with E-state index < -0.39 is 10.0 Å². The molecule has 1 atom stereocenters. The van der Waals surface area contributed by atoms with E-state index in [4.69, 9.17) is 4.74 Å². The third-order valence-corrected chi connectivity index (χ3v) is 4.36. The van der Waals surface area contributed by atoms with Gasteiger partial charge in [0.05, 0.1) is 18.8 Å². The first-order chi connectivity index (χ1) is 11.4. The Kier molecular flexibility index (Phi) is 9.05. The number of rotatable bonds is 8. The number of hydrogen-bond donors (Lipinski definition) is 2. The van der Waals surface area contributed by atoms with E-state index in [1.165, 1.54) is 0 Å². The first kappa shape index (κ1) is 20.7. The highest BCUT2D eigenvalue weighted by molar-refractivity contribution is 7.88. The molecule has 1 aliphatic heterocycles. The lowest BCUT2D eigenvalue weighted by Crippen LogP contribution is -2.48. The number of likely N-dealkylation sites (tertiary alicyclic amines) is 1. The lowest BCUT2D eigenvalue weighted by Gasteiger charge is -2.34. The van der Waals surface area contributed by atoms with Gasteiger partial charge in [0.1, 0.15) is 0 Å². The monoisotopic (exact) mass is 362 g/mol. The van der Waals surface area contributed by atoms with Gasteiger partial charge in [-0.25, -0.2) is 13.1 Å². The van der Waals surface area contributed by atoms with Gasteiger partial charge in [0, 0.05) is 32.7 Å². The Hall–Kier alpha value is -1.35. The molecule has 0 aromatic heterocycles. The second kappa shape index (κ2) is 10.5. The zero-order valence-corrected chi connectivity index (χ0v) is 15.7. The summed E-state index contributed by atoms with van der Waals surface area (Å²) >= 11 is 0. The Morgan fingerprint density at radius 3 is 2.75 bits per heavy atom. The maximum Gasteiger partial charge on any atom is 0.310 e. The summed E-state index contributed by atoms with van der Waals surface area (Å²) in [4.78, 5) is 18.6. The highest BCUT2D eigenvalue weighted by Crippen LogP contribution is 2.18. The number of guanidine groups is 1. The summed E-state index contributed by atoms with van der Waals surface area (Å²) in [6, 6.07) is 0. The van der Waals surface area contributed by atoms with Crippen molar-refractivity contribution < 1.29 is 17.9 Å². The summed E-state index contributed by atoms with van der Waals surface area (Å²) < 4.78 is 29.6. The lowest BCUT2D eigenvalue weighted by molar-refractivity contribution is -0.149. The van der Waals surface area contributed by atoms with Crippen LogP contribution in [-0.4, -0.2) is 70.8 Å². The molecule has 0 amide bonds. The minimum atomic E-state index is -3.15. The maximum atomic E-state index is 11.9. The van der Waals surface area contributed by atoms with Crippen LogP contribution in [0, 0.1) is 5.92 Å². The van der Waals surface area contributed by atoms with Crippen LogP contribution in [0.3, 0.4) is 0 Å². The minimum absolute atomic E-state index is 0.116. The van der Waals surface area contributed by atoms with Crippen molar-refractivity contribution in [2.75, 3.05) is 45.6 Å². The molecule has 1 unspecified atom stereocenters. The van der Waals surface area contributed by atoms with Gasteiger partial charge >= 0.3 is 5.97 Å². The summed E-state index contributed by atoms with van der Waals surface area (Å²) in [6.45, 7) is 7.29. The first-order valence-electron chi connectivity index (χ1n) is 8.52. The second-order valence-corrected chi connectivity index (χ2v) is 7.63. The van der Waals surface area contributed by atoms with Crippen LogP contribution in [0.4, 0.5) is 0 Å². The standard InChI is InChI=1S/C15H30N4O4S/c1-4-16-15(17-9-7-10-18-24(3,21)22)19-11-6-8-13(12-19)14(20)23-5-2/h13,18H,4-12H2,1-3H3,(H,16,17). The van der Waals surface area contributed by atoms with E-state index in [-0.39, 0.29) is 11.9 Å². The average Bonchev–Trinajstić information content (AvgIpc) is 2.53. The van der Waals surface area contributed by atoms with Crippen LogP contribution < -0.4 is 10.0 Å². The van der Waals surface area contributed by atoms with E-state index in [1.807, 2.05) is 13.8 Å². The van der Waals surface area contributed by atoms with E-state index in [2.05, 4.69) is 19.9 Å². The van der Waals surface area contributed by atoms with Gasteiger partial charge in [-0.05, 0) is 33.1 Å². The number of sulfonamides is 1. The SMILES string of the molecule is CCNC(=NCCCNS(C)(=O)=O)N1CCCC(C(=O)OCC)C1. The number of nitrogens with one attached hydrogen (secondary N) is 2. The molecule has 24 heavy (non-hydrogen) atoms. The van der Waals surface area contributed by atoms with Crippen molar-refractivity contribution in [1.29, 1.82) is 0 Å². The molecule has 140 valence electrons. The lowest BCUT2D eigenvalue weighted by atomic mass is 9.98. The van der Waals surface area contributed by atoms with Crippen molar-refractivity contribution in [3.8, 4) is 0 Å². The summed E-state index contributed by atoms with van der Waals surface area (Å²) in [6.07, 6.45) is 3.53. The molecule has 1 saturated heterocycles. The molecular weight excluding hydrogens is 332 g/mol. The van der Waals surface area contributed by atoms with E-state index in [1.54, 1.807) is 0 Å². The smallest absolute Gasteiger partial charge is 0.310 e. The second-order valence-electron chi connectivity index (χ2n) is 5.79. The molecule has 2 N–H and O–H groups in total. The van der Waals surface area contributed by atoms with Crippen molar-refractivity contribution in [2.24, 2.45) is 10.9 Å². The molecule has 1 fully saturated rings. The van der Waals surface area contributed by atoms with E-state index >= 15 is 0 Å². The summed E-state index contributed by atoms with van der Waals surface area (Å²) in [7, 11) is -3.15. The molecular formula is C15H30N4O4S. The van der Waals surface area contributed by atoms with Crippen LogP contribution in [0.2, 0.25) is 0 Å². The Morgan fingerprint density at radius 2 is 2.12 bits per heavy atom. The zero-order valence-electron chi connectivity index (χ0n) is 14.9. The predicted molar refractivity (Wildman–Crippen MR) is 94.4 cm³/mol. The van der Waals surface area contributed by atoms with Crippen molar-refractivity contribution in [1.82, 2.24) is 14.9 Å². The zero-order chi connectivity index (χ0) is 18.0. The van der Waals surface area contributed by atoms with Gasteiger partial charge in [-0.1, -0.05) is 0 Å². The van der Waals surface area contributed by atoms with Gasteiger partial charge in [-0.3, -0.25) is 9.79 Å². The molecule has 0 saturated carbocycles. The molecule has 0 spiro atoms. The number of nitrogens with zero attached hydrogens (tertiary/aromatic N) is 2. The molecule has 0 aromatic carbocycles. The Balaban J connectivity index is 2.55. The van der Waals surface area contributed by atoms with Crippen LogP contribution in [0.5, 0.6) is 0 Å². The number of aliphatic imine (C=N–C) groups is 1. The van der Waals surface area contributed by atoms with Gasteiger partial charge in [-0.2, -0.15) is 0 Å². The fourth-order valence-electron chi connectivity index (χ4n) is 2.57. The number of esters is 1. The number of piperidine rings is 1. The van der Waals surface area contributed by atoms with Gasteiger partial charge in [0.25, 0.3) is 0 Å². The highest BCUT2D eigenvalue weighted by atomic mass is 32.2. The number of carbonyl (C=O) groups is 1. The minimum Gasteiger partial charge on any atom is -0.466 e. The fourth-order valence-corrected chi connectivity index (χ4v) is 3.08. The van der Waals surface area contributed by atoms with Gasteiger partial charge in [0.2, 0.25) is 10.0 Å². The molecule has 9 heteroatoms. The number of hydrogen-bond acceptors (Lipinski definition) is 5. The van der Waals surface area contributed by atoms with Crippen molar-refractivity contribution in [3.05, 3.63) is 0 Å². The molecule has 8 nitrogen and oxygen atoms in total. The van der Waals surface area contributed by atoms with E-state index in [9.17, 15) is 13.2 Å². The van der Waals surface area contributed by atoms with Gasteiger partial charge < -0.3 is 15.0 Å². The largest absolute Gasteiger partial charge is 0.466 e. The van der Waals surface area contributed by atoms with Crippen molar-refractivity contribution >= 4 is 22.0 Å². The Bertz CT molecular complexity index is 522. The van der Waals surface area contributed by atoms with Gasteiger partial charge in [-0.15, -0.1) is 0 Å². The fraction of sp³-hybridized carbons (Fsp3) is 0.867. The third-order valence-electron chi connectivity index (χ3n) is 3.64. The van der Waals surface area contributed by atoms with Crippen molar-refractivity contribution in [3.63, 3.8) is 0 Å². The molecule has 0 aromatic rings. The van der Waals surface area contributed by atoms with Crippen LogP contribution in [0.15, 0.2) is 4.99 Å².